The van der Waals surface area contributed by atoms with E-state index >= 15 is 0 Å². The van der Waals surface area contributed by atoms with Gasteiger partial charge in [-0.15, -0.1) is 11.3 Å². The van der Waals surface area contributed by atoms with E-state index in [1.54, 1.807) is 11.3 Å². The third-order valence-corrected chi connectivity index (χ3v) is 1.87. The molecule has 0 spiro atoms. The van der Waals surface area contributed by atoms with Gasteiger partial charge in [0.05, 0.1) is 0 Å². The number of thiazole rings is 1. The average Bonchev–Trinajstić information content (AvgIpc) is 1.86. The summed E-state index contributed by atoms with van der Waals surface area (Å²) < 4.78 is 1.05. The number of nitrogens with zero attached hydrogens (tertiary/aromatic N) is 1. The van der Waals surface area contributed by atoms with Crippen molar-refractivity contribution in [1.29, 1.82) is 0 Å². The molecule has 1 heterocycles. The molecule has 0 fully saturated rings. The number of aromatic nitrogens is 1. The molecule has 1 radical (unpaired) electrons. The van der Waals surface area contributed by atoms with Crippen molar-refractivity contribution in [1.82, 2.24) is 4.98 Å². The monoisotopic (exact) mass is 210 g/mol. The lowest BCUT2D eigenvalue weighted by atomic mass is 11.0. The lowest BCUT2D eigenvalue weighted by Crippen LogP contribution is -1.55. The molecule has 1 aromatic heterocycles. The maximum Gasteiger partial charge on any atom is 0.154 e. The lowest BCUT2D eigenvalue weighted by molar-refractivity contribution is 1.36. The Kier molecular flexibility index (Phi) is 1.42. The van der Waals surface area contributed by atoms with Gasteiger partial charge >= 0.3 is 0 Å². The first kappa shape index (κ1) is 4.52. The van der Waals surface area contributed by atoms with Crippen molar-refractivity contribution in [3.63, 3.8) is 0 Å². The minimum Gasteiger partial charge on any atom is -0.228 e. The molecule has 0 N–H and O–H groups in total. The Bertz CT molecular complexity index is 114. The van der Waals surface area contributed by atoms with Crippen LogP contribution in [0.4, 0.5) is 0 Å². The number of halogens is 1. The maximum atomic E-state index is 3.80. The molecule has 31 valence electrons. The van der Waals surface area contributed by atoms with Crippen LogP contribution in [0.2, 0.25) is 0 Å². The van der Waals surface area contributed by atoms with E-state index < -0.39 is 0 Å². The lowest BCUT2D eigenvalue weighted by Gasteiger charge is -1.61. The first-order valence-corrected chi connectivity index (χ1v) is 3.32. The van der Waals surface area contributed by atoms with E-state index in [2.05, 4.69) is 33.8 Å². The Morgan fingerprint density at radius 2 is 2.83 bits per heavy atom. The van der Waals surface area contributed by atoms with Gasteiger partial charge in [0, 0.05) is 5.38 Å². The van der Waals surface area contributed by atoms with Gasteiger partial charge in [-0.1, -0.05) is 0 Å². The second-order valence-electron chi connectivity index (χ2n) is 0.730. The molecule has 0 saturated carbocycles. The first-order chi connectivity index (χ1) is 2.89. The van der Waals surface area contributed by atoms with Crippen LogP contribution in [0.15, 0.2) is 5.38 Å². The van der Waals surface area contributed by atoms with Crippen LogP contribution >= 0.6 is 33.9 Å². The van der Waals surface area contributed by atoms with E-state index in [9.17, 15) is 0 Å². The Hall–Kier alpha value is 0.360. The van der Waals surface area contributed by atoms with Crippen LogP contribution in [0.25, 0.3) is 0 Å². The molecule has 1 nitrogen and oxygen atoms in total. The number of rotatable bonds is 0. The Morgan fingerprint density at radius 1 is 2.00 bits per heavy atom. The molecule has 0 saturated heterocycles. The Morgan fingerprint density at radius 3 is 3.00 bits per heavy atom. The Labute approximate surface area is 53.6 Å². The van der Waals surface area contributed by atoms with Crippen molar-refractivity contribution in [2.24, 2.45) is 0 Å². The smallest absolute Gasteiger partial charge is 0.154 e. The van der Waals surface area contributed by atoms with Crippen LogP contribution in [-0.2, 0) is 0 Å². The molecule has 0 aromatic carbocycles. The van der Waals surface area contributed by atoms with Crippen LogP contribution < -0.4 is 0 Å². The van der Waals surface area contributed by atoms with Gasteiger partial charge in [0.25, 0.3) is 0 Å². The molecule has 0 amide bonds. The molecule has 0 aliphatic heterocycles. The minimum atomic E-state index is 1.05. The summed E-state index contributed by atoms with van der Waals surface area (Å²) >= 11 is 3.75. The summed E-state index contributed by atoms with van der Waals surface area (Å²) in [5, 5.41) is 1.84. The molecule has 1 rings (SSSR count). The molecule has 0 atom stereocenters. The molecule has 0 aliphatic rings. The highest BCUT2D eigenvalue weighted by Gasteiger charge is 1.79. The Balaban J connectivity index is 3.05. The van der Waals surface area contributed by atoms with E-state index in [1.165, 1.54) is 0 Å². The van der Waals surface area contributed by atoms with Gasteiger partial charge in [-0.2, -0.15) is 0 Å². The second-order valence-corrected chi connectivity index (χ2v) is 3.34. The molecular formula is C3HINS. The third-order valence-electron chi connectivity index (χ3n) is 0.361. The first-order valence-electron chi connectivity index (χ1n) is 1.36. The fraction of sp³-hybridized carbons (Fsp3) is 0. The standard InChI is InChI=1S/C3HINS/c4-3-5-1-2-6-3/h2H. The fourth-order valence-electron chi connectivity index (χ4n) is 0.178. The molecule has 3 heteroatoms. The van der Waals surface area contributed by atoms with Crippen LogP contribution in [0.5, 0.6) is 0 Å². The highest BCUT2D eigenvalue weighted by molar-refractivity contribution is 14.1. The molecular weight excluding hydrogens is 209 g/mol. The predicted octanol–water partition coefficient (Wildman–Crippen LogP) is 1.55. The molecule has 6 heavy (non-hydrogen) atoms. The summed E-state index contributed by atoms with van der Waals surface area (Å²) in [6.45, 7) is 0. The van der Waals surface area contributed by atoms with Crippen LogP contribution in [0.1, 0.15) is 0 Å². The van der Waals surface area contributed by atoms with Gasteiger partial charge < -0.3 is 0 Å². The van der Waals surface area contributed by atoms with Gasteiger partial charge in [0.1, 0.15) is 6.20 Å². The zero-order valence-corrected chi connectivity index (χ0v) is 5.78. The number of hydrogen-bond donors (Lipinski definition) is 0. The van der Waals surface area contributed by atoms with Crippen molar-refractivity contribution in [3.05, 3.63) is 14.6 Å². The second kappa shape index (κ2) is 1.88. The fourth-order valence-corrected chi connectivity index (χ4v) is 1.01. The normalized spacial score (nSPS) is 8.83. The zero-order chi connectivity index (χ0) is 4.41. The summed E-state index contributed by atoms with van der Waals surface area (Å²) in [5.74, 6) is 0. The summed E-state index contributed by atoms with van der Waals surface area (Å²) in [6.07, 6.45) is 2.69. The summed E-state index contributed by atoms with van der Waals surface area (Å²) in [6, 6.07) is 0. The van der Waals surface area contributed by atoms with E-state index in [-0.39, 0.29) is 0 Å². The summed E-state index contributed by atoms with van der Waals surface area (Å²) in [4.78, 5) is 3.80. The van der Waals surface area contributed by atoms with E-state index in [4.69, 9.17) is 0 Å². The maximum absolute atomic E-state index is 3.80. The third kappa shape index (κ3) is 0.909. The molecule has 1 aromatic rings. The molecule has 0 bridgehead atoms. The quantitative estimate of drug-likeness (QED) is 0.592. The van der Waals surface area contributed by atoms with E-state index in [0.29, 0.717) is 0 Å². The van der Waals surface area contributed by atoms with E-state index in [0.717, 1.165) is 3.01 Å². The highest BCUT2D eigenvalue weighted by Crippen LogP contribution is 2.04. The summed E-state index contributed by atoms with van der Waals surface area (Å²) in [5.41, 5.74) is 0. The van der Waals surface area contributed by atoms with Gasteiger partial charge in [0.2, 0.25) is 0 Å². The highest BCUT2D eigenvalue weighted by atomic mass is 127. The van der Waals surface area contributed by atoms with Crippen LogP contribution in [0.3, 0.4) is 0 Å². The van der Waals surface area contributed by atoms with Crippen molar-refractivity contribution < 1.29 is 0 Å². The zero-order valence-electron chi connectivity index (χ0n) is 2.81. The molecule has 0 aliphatic carbocycles. The van der Waals surface area contributed by atoms with Crippen molar-refractivity contribution in [2.45, 2.75) is 0 Å². The van der Waals surface area contributed by atoms with Crippen molar-refractivity contribution in [3.8, 4) is 0 Å². The van der Waals surface area contributed by atoms with E-state index in [1.807, 2.05) is 5.38 Å². The van der Waals surface area contributed by atoms with Gasteiger partial charge in [0.15, 0.2) is 3.01 Å². The largest absolute Gasteiger partial charge is 0.228 e. The van der Waals surface area contributed by atoms with Crippen LogP contribution in [0, 0.1) is 9.21 Å². The topological polar surface area (TPSA) is 12.9 Å². The number of hydrogen-bond acceptors (Lipinski definition) is 2. The summed E-state index contributed by atoms with van der Waals surface area (Å²) in [7, 11) is 0. The van der Waals surface area contributed by atoms with Crippen molar-refractivity contribution >= 4 is 33.9 Å². The van der Waals surface area contributed by atoms with Crippen molar-refractivity contribution in [2.75, 3.05) is 0 Å². The molecule has 0 unspecified atom stereocenters. The van der Waals surface area contributed by atoms with Gasteiger partial charge in [-0.25, -0.2) is 4.98 Å². The van der Waals surface area contributed by atoms with Crippen LogP contribution in [-0.4, -0.2) is 4.98 Å². The predicted molar refractivity (Wildman–Crippen MR) is 33.7 cm³/mol. The van der Waals surface area contributed by atoms with Gasteiger partial charge in [-0.05, 0) is 22.6 Å². The average molecular weight is 210 g/mol. The van der Waals surface area contributed by atoms with Gasteiger partial charge in [-0.3, -0.25) is 0 Å². The SMILES string of the molecule is Ic1n[c]cs1. The minimum absolute atomic E-state index is 1.05.